The summed E-state index contributed by atoms with van der Waals surface area (Å²) in [6, 6.07) is 6.43. The average Bonchev–Trinajstić information content (AvgIpc) is 2.80. The number of ether oxygens (including phenoxy) is 1. The zero-order valence-electron chi connectivity index (χ0n) is 15.4. The first-order chi connectivity index (χ1) is 13.1. The molecule has 4 rings (SSSR count). The molecule has 0 spiro atoms. The van der Waals surface area contributed by atoms with E-state index in [9.17, 15) is 0 Å². The Labute approximate surface area is 182 Å². The molecule has 27 heavy (non-hydrogen) atoms. The number of benzene rings is 1. The van der Waals surface area contributed by atoms with E-state index in [1.807, 2.05) is 12.3 Å². The van der Waals surface area contributed by atoms with Gasteiger partial charge in [-0.15, -0.1) is 0 Å². The van der Waals surface area contributed by atoms with Gasteiger partial charge in [-0.05, 0) is 82.4 Å². The minimum atomic E-state index is 0.307. The minimum Gasteiger partial charge on any atom is -0.369 e. The molecule has 2 heterocycles. The topological polar surface area (TPSA) is 25.4 Å². The Kier molecular flexibility index (Phi) is 6.25. The van der Waals surface area contributed by atoms with Gasteiger partial charge in [0.2, 0.25) is 0 Å². The highest BCUT2D eigenvalue weighted by molar-refractivity contribution is 9.10. The van der Waals surface area contributed by atoms with Crippen LogP contribution in [0.15, 0.2) is 33.3 Å². The maximum Gasteiger partial charge on any atom is 0.0986 e. The van der Waals surface area contributed by atoms with Crippen LogP contribution in [0.3, 0.4) is 0 Å². The second-order valence-electron chi connectivity index (χ2n) is 7.51. The van der Waals surface area contributed by atoms with Crippen LogP contribution in [-0.2, 0) is 17.6 Å². The molecule has 1 aromatic heterocycles. The van der Waals surface area contributed by atoms with E-state index in [1.165, 1.54) is 22.4 Å². The van der Waals surface area contributed by atoms with E-state index in [-0.39, 0.29) is 0 Å². The van der Waals surface area contributed by atoms with Crippen LogP contribution in [0.1, 0.15) is 41.1 Å². The van der Waals surface area contributed by atoms with Gasteiger partial charge in [-0.2, -0.15) is 0 Å². The first-order valence-electron chi connectivity index (χ1n) is 9.40. The number of halogens is 3. The molecular weight excluding hydrogens is 492 g/mol. The minimum absolute atomic E-state index is 0.307. The third kappa shape index (κ3) is 4.13. The molecular formula is C21H23Br2ClN2O. The molecule has 1 aliphatic heterocycles. The summed E-state index contributed by atoms with van der Waals surface area (Å²) in [4.78, 5) is 7.30. The number of nitrogens with zero attached hydrogens (tertiary/aromatic N) is 2. The summed E-state index contributed by atoms with van der Waals surface area (Å²) in [5, 5.41) is 0.800. The third-order valence-corrected chi connectivity index (χ3v) is 7.14. The van der Waals surface area contributed by atoms with Gasteiger partial charge in [0.15, 0.2) is 0 Å². The summed E-state index contributed by atoms with van der Waals surface area (Å²) < 4.78 is 7.50. The maximum absolute atomic E-state index is 6.39. The lowest BCUT2D eigenvalue weighted by molar-refractivity contribution is 0.0373. The monoisotopic (exact) mass is 512 g/mol. The molecule has 2 aliphatic rings. The van der Waals surface area contributed by atoms with Gasteiger partial charge in [-0.3, -0.25) is 9.88 Å². The SMILES string of the molecule is COCN1CCC([C@H]2c3ncc(Br)cc3CCc3cc(Cl)cc(Br)c32)CC1. The van der Waals surface area contributed by atoms with Gasteiger partial charge >= 0.3 is 0 Å². The predicted molar refractivity (Wildman–Crippen MR) is 117 cm³/mol. The van der Waals surface area contributed by atoms with Crippen LogP contribution in [0.4, 0.5) is 0 Å². The molecule has 1 aliphatic carbocycles. The number of aryl methyl sites for hydroxylation is 2. The average molecular weight is 515 g/mol. The van der Waals surface area contributed by atoms with Gasteiger partial charge in [0.05, 0.1) is 12.4 Å². The lowest BCUT2D eigenvalue weighted by Gasteiger charge is -2.36. The van der Waals surface area contributed by atoms with Gasteiger partial charge in [-0.25, -0.2) is 0 Å². The highest BCUT2D eigenvalue weighted by atomic mass is 79.9. The molecule has 0 N–H and O–H groups in total. The van der Waals surface area contributed by atoms with E-state index in [0.717, 1.165) is 59.5 Å². The fraction of sp³-hybridized carbons (Fsp3) is 0.476. The maximum atomic E-state index is 6.39. The standard InChI is InChI=1S/C21H23Br2ClN2O/c1-27-12-26-6-4-13(5-7-26)20-19-14(9-17(24)10-18(19)23)2-3-15-8-16(22)11-25-21(15)20/h8-11,13,20H,2-7,12H2,1H3/t20-/m1/s1. The van der Waals surface area contributed by atoms with Crippen molar-refractivity contribution in [2.24, 2.45) is 5.92 Å². The Morgan fingerprint density at radius 1 is 1.15 bits per heavy atom. The van der Waals surface area contributed by atoms with Crippen molar-refractivity contribution in [3.63, 3.8) is 0 Å². The number of piperidine rings is 1. The Bertz CT molecular complexity index is 837. The van der Waals surface area contributed by atoms with Gasteiger partial charge in [0.1, 0.15) is 0 Å². The lowest BCUT2D eigenvalue weighted by atomic mass is 9.76. The molecule has 1 saturated heterocycles. The molecule has 3 nitrogen and oxygen atoms in total. The molecule has 1 fully saturated rings. The summed E-state index contributed by atoms with van der Waals surface area (Å²) in [6.45, 7) is 2.86. The van der Waals surface area contributed by atoms with Crippen LogP contribution in [-0.4, -0.2) is 36.8 Å². The van der Waals surface area contributed by atoms with Crippen LogP contribution >= 0.6 is 43.5 Å². The van der Waals surface area contributed by atoms with Crippen LogP contribution in [0.5, 0.6) is 0 Å². The van der Waals surface area contributed by atoms with Crippen molar-refractivity contribution < 1.29 is 4.74 Å². The third-order valence-electron chi connectivity index (χ3n) is 5.83. The van der Waals surface area contributed by atoms with E-state index in [4.69, 9.17) is 21.3 Å². The summed E-state index contributed by atoms with van der Waals surface area (Å²) >= 11 is 13.8. The van der Waals surface area contributed by atoms with Crippen molar-refractivity contribution in [1.82, 2.24) is 9.88 Å². The highest BCUT2D eigenvalue weighted by Gasteiger charge is 2.35. The van der Waals surface area contributed by atoms with Crippen molar-refractivity contribution in [1.29, 1.82) is 0 Å². The van der Waals surface area contributed by atoms with Crippen LogP contribution in [0.25, 0.3) is 0 Å². The normalized spacial score (nSPS) is 20.8. The number of pyridine rings is 1. The van der Waals surface area contributed by atoms with Crippen molar-refractivity contribution in [3.05, 3.63) is 60.7 Å². The summed E-state index contributed by atoms with van der Waals surface area (Å²) in [5.41, 5.74) is 5.34. The quantitative estimate of drug-likeness (QED) is 0.517. The van der Waals surface area contributed by atoms with E-state index >= 15 is 0 Å². The number of fused-ring (bicyclic) bond motifs is 2. The van der Waals surface area contributed by atoms with Gasteiger partial charge < -0.3 is 4.74 Å². The van der Waals surface area contributed by atoms with Gasteiger partial charge in [-0.1, -0.05) is 27.5 Å². The van der Waals surface area contributed by atoms with Crippen LogP contribution < -0.4 is 0 Å². The number of aromatic nitrogens is 1. The smallest absolute Gasteiger partial charge is 0.0986 e. The zero-order valence-corrected chi connectivity index (χ0v) is 19.3. The molecule has 0 radical (unpaired) electrons. The Morgan fingerprint density at radius 3 is 2.63 bits per heavy atom. The molecule has 0 bridgehead atoms. The Balaban J connectivity index is 1.77. The molecule has 1 atom stereocenters. The highest BCUT2D eigenvalue weighted by Crippen LogP contribution is 2.46. The number of hydrogen-bond acceptors (Lipinski definition) is 3. The first kappa shape index (κ1) is 19.8. The number of likely N-dealkylation sites (tertiary alicyclic amines) is 1. The summed E-state index contributed by atoms with van der Waals surface area (Å²) in [6.07, 6.45) is 6.25. The predicted octanol–water partition coefficient (Wildman–Crippen LogP) is 5.81. The van der Waals surface area contributed by atoms with Crippen molar-refractivity contribution in [2.45, 2.75) is 31.6 Å². The largest absolute Gasteiger partial charge is 0.369 e. The van der Waals surface area contributed by atoms with E-state index < -0.39 is 0 Å². The van der Waals surface area contributed by atoms with Crippen molar-refractivity contribution in [2.75, 3.05) is 26.9 Å². The Hall–Kier alpha value is -0.460. The summed E-state index contributed by atoms with van der Waals surface area (Å²) in [5.74, 6) is 0.877. The van der Waals surface area contributed by atoms with Crippen molar-refractivity contribution in [3.8, 4) is 0 Å². The summed E-state index contributed by atoms with van der Waals surface area (Å²) in [7, 11) is 1.77. The first-order valence-corrected chi connectivity index (χ1v) is 11.4. The number of methoxy groups -OCH3 is 1. The fourth-order valence-electron chi connectivity index (χ4n) is 4.63. The Morgan fingerprint density at radius 2 is 1.89 bits per heavy atom. The van der Waals surface area contributed by atoms with E-state index in [2.05, 4.69) is 48.9 Å². The molecule has 144 valence electrons. The number of rotatable bonds is 3. The van der Waals surface area contributed by atoms with Crippen molar-refractivity contribution >= 4 is 43.5 Å². The molecule has 0 amide bonds. The van der Waals surface area contributed by atoms with Gasteiger partial charge in [0.25, 0.3) is 0 Å². The van der Waals surface area contributed by atoms with Crippen LogP contribution in [0, 0.1) is 5.92 Å². The molecule has 0 unspecified atom stereocenters. The number of hydrogen-bond donors (Lipinski definition) is 0. The van der Waals surface area contributed by atoms with E-state index in [0.29, 0.717) is 11.8 Å². The zero-order chi connectivity index (χ0) is 19.0. The molecule has 1 aromatic carbocycles. The van der Waals surface area contributed by atoms with Crippen LogP contribution in [0.2, 0.25) is 5.02 Å². The molecule has 6 heteroatoms. The van der Waals surface area contributed by atoms with E-state index in [1.54, 1.807) is 7.11 Å². The lowest BCUT2D eigenvalue weighted by Crippen LogP contribution is -2.37. The molecule has 2 aromatic rings. The van der Waals surface area contributed by atoms with Gasteiger partial charge in [0, 0.05) is 46.3 Å². The second-order valence-corrected chi connectivity index (χ2v) is 9.72. The fourth-order valence-corrected chi connectivity index (χ4v) is 6.13. The second kappa shape index (κ2) is 8.50. The molecule has 0 saturated carbocycles.